The molecule has 124 valence electrons. The average Bonchev–Trinajstić information content (AvgIpc) is 3.18. The lowest BCUT2D eigenvalue weighted by molar-refractivity contribution is -0.118. The molecule has 2 heterocycles. The lowest BCUT2D eigenvalue weighted by Gasteiger charge is -2.06. The SMILES string of the molecule is NC(=O)CCCn1cc(-n2ccnc2-c2ccc(F)c(F)c2)cn1. The van der Waals surface area contributed by atoms with E-state index in [9.17, 15) is 13.6 Å². The number of rotatable bonds is 6. The van der Waals surface area contributed by atoms with E-state index in [0.29, 0.717) is 30.8 Å². The Morgan fingerprint density at radius 1 is 1.25 bits per heavy atom. The Morgan fingerprint density at radius 2 is 2.08 bits per heavy atom. The second kappa shape index (κ2) is 6.61. The first kappa shape index (κ1) is 15.9. The Morgan fingerprint density at radius 3 is 2.83 bits per heavy atom. The van der Waals surface area contributed by atoms with Crippen molar-refractivity contribution >= 4 is 5.91 Å². The predicted octanol–water partition coefficient (Wildman–Crippen LogP) is 2.28. The van der Waals surface area contributed by atoms with Crippen LogP contribution >= 0.6 is 0 Å². The van der Waals surface area contributed by atoms with Crippen LogP contribution in [0.3, 0.4) is 0 Å². The molecular formula is C16H15F2N5O. The summed E-state index contributed by atoms with van der Waals surface area (Å²) in [5.74, 6) is -1.70. The highest BCUT2D eigenvalue weighted by Crippen LogP contribution is 2.23. The van der Waals surface area contributed by atoms with E-state index in [2.05, 4.69) is 10.1 Å². The lowest BCUT2D eigenvalue weighted by atomic mass is 10.2. The topological polar surface area (TPSA) is 78.7 Å². The number of nitrogens with two attached hydrogens (primary N) is 1. The van der Waals surface area contributed by atoms with Crippen molar-refractivity contribution in [2.45, 2.75) is 19.4 Å². The van der Waals surface area contributed by atoms with Gasteiger partial charge in [0.2, 0.25) is 5.91 Å². The molecule has 3 aromatic rings. The highest BCUT2D eigenvalue weighted by atomic mass is 19.2. The minimum Gasteiger partial charge on any atom is -0.370 e. The van der Waals surface area contributed by atoms with Crippen molar-refractivity contribution in [3.05, 3.63) is 54.6 Å². The van der Waals surface area contributed by atoms with Crippen LogP contribution in [0.15, 0.2) is 43.0 Å². The Labute approximate surface area is 136 Å². The molecule has 0 aliphatic heterocycles. The van der Waals surface area contributed by atoms with E-state index in [0.717, 1.165) is 17.8 Å². The number of benzene rings is 1. The first-order chi connectivity index (χ1) is 11.5. The highest BCUT2D eigenvalue weighted by Gasteiger charge is 2.12. The van der Waals surface area contributed by atoms with Gasteiger partial charge >= 0.3 is 0 Å². The number of hydrogen-bond donors (Lipinski definition) is 1. The van der Waals surface area contributed by atoms with E-state index in [1.54, 1.807) is 34.0 Å². The summed E-state index contributed by atoms with van der Waals surface area (Å²) < 4.78 is 30.0. The van der Waals surface area contributed by atoms with Gasteiger partial charge in [-0.3, -0.25) is 14.0 Å². The molecule has 0 atom stereocenters. The molecule has 2 aromatic heterocycles. The number of aromatic nitrogens is 4. The molecule has 0 bridgehead atoms. The van der Waals surface area contributed by atoms with Crippen LogP contribution in [0.1, 0.15) is 12.8 Å². The fourth-order valence-electron chi connectivity index (χ4n) is 2.38. The van der Waals surface area contributed by atoms with Gasteiger partial charge in [-0.05, 0) is 24.6 Å². The normalized spacial score (nSPS) is 10.9. The minimum atomic E-state index is -0.927. The van der Waals surface area contributed by atoms with Crippen LogP contribution in [0.5, 0.6) is 0 Å². The Hall–Kier alpha value is -3.03. The Kier molecular flexibility index (Phi) is 4.37. The maximum Gasteiger partial charge on any atom is 0.217 e. The van der Waals surface area contributed by atoms with Gasteiger partial charge in [0.15, 0.2) is 11.6 Å². The zero-order valence-corrected chi connectivity index (χ0v) is 12.7. The summed E-state index contributed by atoms with van der Waals surface area (Å²) in [6.45, 7) is 0.554. The van der Waals surface area contributed by atoms with Gasteiger partial charge in [0.05, 0.1) is 11.9 Å². The third kappa shape index (κ3) is 3.32. The number of carbonyl (C=O) groups is 1. The molecule has 1 amide bonds. The van der Waals surface area contributed by atoms with Crippen molar-refractivity contribution in [3.63, 3.8) is 0 Å². The summed E-state index contributed by atoms with van der Waals surface area (Å²) in [7, 11) is 0. The number of nitrogens with zero attached hydrogens (tertiary/aromatic N) is 4. The molecule has 8 heteroatoms. The molecule has 3 rings (SSSR count). The van der Waals surface area contributed by atoms with Gasteiger partial charge in [-0.1, -0.05) is 0 Å². The van der Waals surface area contributed by atoms with Crippen LogP contribution in [-0.2, 0) is 11.3 Å². The van der Waals surface area contributed by atoms with E-state index < -0.39 is 11.6 Å². The second-order valence-corrected chi connectivity index (χ2v) is 5.28. The first-order valence-corrected chi connectivity index (χ1v) is 7.34. The third-order valence-corrected chi connectivity index (χ3v) is 3.53. The highest BCUT2D eigenvalue weighted by molar-refractivity contribution is 5.73. The summed E-state index contributed by atoms with van der Waals surface area (Å²) in [6, 6.07) is 3.64. The fraction of sp³-hybridized carbons (Fsp3) is 0.188. The van der Waals surface area contributed by atoms with Gasteiger partial charge in [0, 0.05) is 37.1 Å². The molecule has 0 aliphatic rings. The van der Waals surface area contributed by atoms with Crippen molar-refractivity contribution in [3.8, 4) is 17.1 Å². The van der Waals surface area contributed by atoms with Crippen LogP contribution in [-0.4, -0.2) is 25.2 Å². The maximum absolute atomic E-state index is 13.4. The first-order valence-electron chi connectivity index (χ1n) is 7.34. The quantitative estimate of drug-likeness (QED) is 0.752. The van der Waals surface area contributed by atoms with E-state index in [1.165, 1.54) is 6.07 Å². The number of amides is 1. The largest absolute Gasteiger partial charge is 0.370 e. The molecule has 0 radical (unpaired) electrons. The number of imidazole rings is 1. The van der Waals surface area contributed by atoms with Crippen LogP contribution < -0.4 is 5.73 Å². The van der Waals surface area contributed by atoms with Crippen molar-refractivity contribution < 1.29 is 13.6 Å². The monoisotopic (exact) mass is 331 g/mol. The van der Waals surface area contributed by atoms with Crippen molar-refractivity contribution in [2.24, 2.45) is 5.73 Å². The molecule has 2 N–H and O–H groups in total. The van der Waals surface area contributed by atoms with E-state index in [1.807, 2.05) is 0 Å². The van der Waals surface area contributed by atoms with E-state index >= 15 is 0 Å². The van der Waals surface area contributed by atoms with E-state index in [-0.39, 0.29) is 5.91 Å². The maximum atomic E-state index is 13.4. The van der Waals surface area contributed by atoms with Crippen molar-refractivity contribution in [2.75, 3.05) is 0 Å². The van der Waals surface area contributed by atoms with Crippen LogP contribution in [0.4, 0.5) is 8.78 Å². The molecule has 0 unspecified atom stereocenters. The zero-order valence-electron chi connectivity index (χ0n) is 12.7. The van der Waals surface area contributed by atoms with Gasteiger partial charge in [-0.15, -0.1) is 0 Å². The summed E-state index contributed by atoms with van der Waals surface area (Å²) in [5, 5.41) is 4.22. The summed E-state index contributed by atoms with van der Waals surface area (Å²) in [5.41, 5.74) is 6.29. The van der Waals surface area contributed by atoms with Gasteiger partial charge in [0.1, 0.15) is 5.82 Å². The zero-order chi connectivity index (χ0) is 17.1. The number of halogens is 2. The average molecular weight is 331 g/mol. The van der Waals surface area contributed by atoms with Crippen molar-refractivity contribution in [1.82, 2.24) is 19.3 Å². The van der Waals surface area contributed by atoms with E-state index in [4.69, 9.17) is 5.73 Å². The molecule has 0 aliphatic carbocycles. The molecule has 24 heavy (non-hydrogen) atoms. The standard InChI is InChI=1S/C16H15F2N5O/c17-13-4-3-11(8-14(13)18)16-20-5-7-23(16)12-9-21-22(10-12)6-1-2-15(19)24/h3-5,7-10H,1-2,6H2,(H2,19,24). The van der Waals surface area contributed by atoms with Gasteiger partial charge in [-0.2, -0.15) is 5.10 Å². The number of carbonyl (C=O) groups excluding carboxylic acids is 1. The molecule has 6 nitrogen and oxygen atoms in total. The fourth-order valence-corrected chi connectivity index (χ4v) is 2.38. The molecule has 1 aromatic carbocycles. The molecule has 0 fully saturated rings. The molecule has 0 saturated carbocycles. The minimum absolute atomic E-state index is 0.292. The third-order valence-electron chi connectivity index (χ3n) is 3.53. The number of hydrogen-bond acceptors (Lipinski definition) is 3. The van der Waals surface area contributed by atoms with Gasteiger partial charge in [0.25, 0.3) is 0 Å². The molecular weight excluding hydrogens is 316 g/mol. The van der Waals surface area contributed by atoms with Crippen LogP contribution in [0.25, 0.3) is 17.1 Å². The van der Waals surface area contributed by atoms with Crippen molar-refractivity contribution in [1.29, 1.82) is 0 Å². The summed E-state index contributed by atoms with van der Waals surface area (Å²) in [6.07, 6.45) is 7.58. The number of primary amides is 1. The summed E-state index contributed by atoms with van der Waals surface area (Å²) in [4.78, 5) is 15.0. The van der Waals surface area contributed by atoms with Gasteiger partial charge in [-0.25, -0.2) is 13.8 Å². The molecule has 0 saturated heterocycles. The van der Waals surface area contributed by atoms with Crippen LogP contribution in [0, 0.1) is 11.6 Å². The Bertz CT molecular complexity index is 871. The molecule has 0 spiro atoms. The van der Waals surface area contributed by atoms with Gasteiger partial charge < -0.3 is 5.73 Å². The lowest BCUT2D eigenvalue weighted by Crippen LogP contribution is -2.11. The predicted molar refractivity (Wildman–Crippen MR) is 83.1 cm³/mol. The number of aryl methyl sites for hydroxylation is 1. The summed E-state index contributed by atoms with van der Waals surface area (Å²) >= 11 is 0. The smallest absolute Gasteiger partial charge is 0.217 e. The van der Waals surface area contributed by atoms with Crippen LogP contribution in [0.2, 0.25) is 0 Å². The second-order valence-electron chi connectivity index (χ2n) is 5.28. The Balaban J connectivity index is 1.84.